The first-order valence-corrected chi connectivity index (χ1v) is 6.10. The van der Waals surface area contributed by atoms with Gasteiger partial charge in [0, 0.05) is 10.9 Å². The van der Waals surface area contributed by atoms with Crippen LogP contribution in [-0.4, -0.2) is 11.3 Å². The largest absolute Gasteiger partial charge is 0.389 e. The molecule has 1 atom stereocenters. The van der Waals surface area contributed by atoms with E-state index in [-0.39, 0.29) is 12.8 Å². The average molecular weight is 311 g/mol. The SMILES string of the molecule is Cc1cc(Br)ccc1C(O)CCCC(F)(F)F. The Hall–Kier alpha value is -0.550. The van der Waals surface area contributed by atoms with Crippen LogP contribution in [-0.2, 0) is 0 Å². The van der Waals surface area contributed by atoms with Gasteiger partial charge in [0.1, 0.15) is 0 Å². The summed E-state index contributed by atoms with van der Waals surface area (Å²) >= 11 is 3.29. The molecule has 1 N–H and O–H groups in total. The van der Waals surface area contributed by atoms with Crippen molar-refractivity contribution in [2.24, 2.45) is 0 Å². The zero-order chi connectivity index (χ0) is 13.1. The number of hydrogen-bond donors (Lipinski definition) is 1. The number of alkyl halides is 3. The maximum absolute atomic E-state index is 12.0. The molecule has 0 spiro atoms. The molecule has 1 rings (SSSR count). The molecule has 5 heteroatoms. The van der Waals surface area contributed by atoms with Crippen molar-refractivity contribution >= 4 is 15.9 Å². The smallest absolute Gasteiger partial charge is 0.388 e. The summed E-state index contributed by atoms with van der Waals surface area (Å²) in [5.41, 5.74) is 1.56. The van der Waals surface area contributed by atoms with Gasteiger partial charge in [0.25, 0.3) is 0 Å². The Morgan fingerprint density at radius 1 is 1.35 bits per heavy atom. The molecule has 0 aromatic heterocycles. The van der Waals surface area contributed by atoms with E-state index < -0.39 is 18.7 Å². The second-order valence-corrected chi connectivity index (χ2v) is 4.94. The van der Waals surface area contributed by atoms with Gasteiger partial charge in [0.2, 0.25) is 0 Å². The van der Waals surface area contributed by atoms with Crippen molar-refractivity contribution in [2.75, 3.05) is 0 Å². The van der Waals surface area contributed by atoms with Crippen LogP contribution in [0.2, 0.25) is 0 Å². The molecule has 96 valence electrons. The van der Waals surface area contributed by atoms with Crippen molar-refractivity contribution in [3.8, 4) is 0 Å². The molecule has 0 radical (unpaired) electrons. The maximum Gasteiger partial charge on any atom is 0.389 e. The van der Waals surface area contributed by atoms with E-state index in [1.54, 1.807) is 12.1 Å². The van der Waals surface area contributed by atoms with Crippen LogP contribution in [0.3, 0.4) is 0 Å². The molecule has 0 aliphatic carbocycles. The minimum absolute atomic E-state index is 0.0554. The lowest BCUT2D eigenvalue weighted by molar-refractivity contribution is -0.136. The van der Waals surface area contributed by atoms with Crippen LogP contribution < -0.4 is 0 Å². The van der Waals surface area contributed by atoms with Crippen LogP contribution in [0.25, 0.3) is 0 Å². The molecule has 0 heterocycles. The molecule has 0 bridgehead atoms. The highest BCUT2D eigenvalue weighted by Crippen LogP contribution is 2.28. The van der Waals surface area contributed by atoms with Crippen LogP contribution in [0.4, 0.5) is 13.2 Å². The number of rotatable bonds is 4. The van der Waals surface area contributed by atoms with E-state index in [0.29, 0.717) is 5.56 Å². The molecule has 17 heavy (non-hydrogen) atoms. The summed E-state index contributed by atoms with van der Waals surface area (Å²) in [5, 5.41) is 9.81. The molecule has 1 aromatic rings. The molecule has 0 amide bonds. The molecule has 1 unspecified atom stereocenters. The summed E-state index contributed by atoms with van der Waals surface area (Å²) in [5.74, 6) is 0. The van der Waals surface area contributed by atoms with Crippen LogP contribution in [0.1, 0.15) is 36.5 Å². The summed E-state index contributed by atoms with van der Waals surface area (Å²) in [6.07, 6.45) is -5.75. The maximum atomic E-state index is 12.0. The molecule has 1 nitrogen and oxygen atoms in total. The summed E-state index contributed by atoms with van der Waals surface area (Å²) in [4.78, 5) is 0. The minimum atomic E-state index is -4.14. The third kappa shape index (κ3) is 5.08. The first kappa shape index (κ1) is 14.5. The molecule has 0 aliphatic rings. The fraction of sp³-hybridized carbons (Fsp3) is 0.500. The first-order chi connectivity index (χ1) is 7.79. The van der Waals surface area contributed by atoms with Crippen molar-refractivity contribution in [3.05, 3.63) is 33.8 Å². The molecule has 0 fully saturated rings. The number of halogens is 4. The fourth-order valence-corrected chi connectivity index (χ4v) is 2.14. The third-order valence-corrected chi connectivity index (χ3v) is 3.02. The van der Waals surface area contributed by atoms with Gasteiger partial charge in [0.15, 0.2) is 0 Å². The molecular weight excluding hydrogens is 297 g/mol. The quantitative estimate of drug-likeness (QED) is 0.866. The van der Waals surface area contributed by atoms with Gasteiger partial charge in [-0.15, -0.1) is 0 Å². The molecule has 1 aromatic carbocycles. The van der Waals surface area contributed by atoms with Gasteiger partial charge in [0.05, 0.1) is 6.10 Å². The lowest BCUT2D eigenvalue weighted by atomic mass is 9.99. The van der Waals surface area contributed by atoms with Gasteiger partial charge in [-0.3, -0.25) is 0 Å². The number of benzene rings is 1. The van der Waals surface area contributed by atoms with Gasteiger partial charge >= 0.3 is 6.18 Å². The van der Waals surface area contributed by atoms with E-state index in [2.05, 4.69) is 15.9 Å². The van der Waals surface area contributed by atoms with Gasteiger partial charge < -0.3 is 5.11 Å². The van der Waals surface area contributed by atoms with E-state index in [1.807, 2.05) is 13.0 Å². The van der Waals surface area contributed by atoms with Gasteiger partial charge in [-0.1, -0.05) is 22.0 Å². The fourth-order valence-electron chi connectivity index (χ4n) is 1.66. The minimum Gasteiger partial charge on any atom is -0.388 e. The Balaban J connectivity index is 2.55. The second kappa shape index (κ2) is 5.87. The second-order valence-electron chi connectivity index (χ2n) is 4.02. The van der Waals surface area contributed by atoms with Crippen LogP contribution in [0.15, 0.2) is 22.7 Å². The van der Waals surface area contributed by atoms with Crippen LogP contribution in [0.5, 0.6) is 0 Å². The van der Waals surface area contributed by atoms with Crippen molar-refractivity contribution in [3.63, 3.8) is 0 Å². The summed E-state index contributed by atoms with van der Waals surface area (Å²) < 4.78 is 36.7. The Morgan fingerprint density at radius 3 is 2.53 bits per heavy atom. The van der Waals surface area contributed by atoms with Gasteiger partial charge in [-0.05, 0) is 43.0 Å². The predicted octanol–water partition coefficient (Wildman–Crippen LogP) is 4.52. The molecule has 0 saturated heterocycles. The van der Waals surface area contributed by atoms with Crippen molar-refractivity contribution in [1.82, 2.24) is 0 Å². The number of aliphatic hydroxyl groups excluding tert-OH is 1. The summed E-state index contributed by atoms with van der Waals surface area (Å²) in [6.45, 7) is 1.83. The van der Waals surface area contributed by atoms with Crippen LogP contribution in [0, 0.1) is 6.92 Å². The first-order valence-electron chi connectivity index (χ1n) is 5.30. The number of hydrogen-bond acceptors (Lipinski definition) is 1. The Bertz CT molecular complexity index is 377. The zero-order valence-corrected chi connectivity index (χ0v) is 11.0. The van der Waals surface area contributed by atoms with Crippen molar-refractivity contribution in [1.29, 1.82) is 0 Å². The highest BCUT2D eigenvalue weighted by atomic mass is 79.9. The van der Waals surface area contributed by atoms with E-state index in [9.17, 15) is 18.3 Å². The highest BCUT2D eigenvalue weighted by Gasteiger charge is 2.26. The van der Waals surface area contributed by atoms with E-state index in [4.69, 9.17) is 0 Å². The van der Waals surface area contributed by atoms with E-state index in [1.165, 1.54) is 0 Å². The Kier molecular flexibility index (Phi) is 5.01. The Morgan fingerprint density at radius 2 is 2.00 bits per heavy atom. The van der Waals surface area contributed by atoms with E-state index in [0.717, 1.165) is 10.0 Å². The normalized spacial score (nSPS) is 13.8. The average Bonchev–Trinajstić information content (AvgIpc) is 2.15. The van der Waals surface area contributed by atoms with Gasteiger partial charge in [-0.2, -0.15) is 13.2 Å². The van der Waals surface area contributed by atoms with E-state index >= 15 is 0 Å². The summed E-state index contributed by atoms with van der Waals surface area (Å²) in [7, 11) is 0. The lowest BCUT2D eigenvalue weighted by Gasteiger charge is -2.14. The molecule has 0 aliphatic heterocycles. The lowest BCUT2D eigenvalue weighted by Crippen LogP contribution is -2.08. The standard InChI is InChI=1S/C12H14BrF3O/c1-8-7-9(13)4-5-10(8)11(17)3-2-6-12(14,15)16/h4-5,7,11,17H,2-3,6H2,1H3. The van der Waals surface area contributed by atoms with Gasteiger partial charge in [-0.25, -0.2) is 0 Å². The predicted molar refractivity (Wildman–Crippen MR) is 63.7 cm³/mol. The number of aliphatic hydroxyl groups is 1. The monoisotopic (exact) mass is 310 g/mol. The van der Waals surface area contributed by atoms with Crippen molar-refractivity contribution < 1.29 is 18.3 Å². The molecular formula is C12H14BrF3O. The third-order valence-electron chi connectivity index (χ3n) is 2.53. The van der Waals surface area contributed by atoms with Crippen molar-refractivity contribution in [2.45, 2.75) is 38.5 Å². The van der Waals surface area contributed by atoms with Crippen LogP contribution >= 0.6 is 15.9 Å². The Labute approximate surface area is 107 Å². The zero-order valence-electron chi connectivity index (χ0n) is 9.39. The topological polar surface area (TPSA) is 20.2 Å². The number of aryl methyl sites for hydroxylation is 1. The molecule has 0 saturated carbocycles. The highest BCUT2D eigenvalue weighted by molar-refractivity contribution is 9.10. The summed E-state index contributed by atoms with van der Waals surface area (Å²) in [6, 6.07) is 5.34.